The second-order valence-corrected chi connectivity index (χ2v) is 8.24. The predicted octanol–water partition coefficient (Wildman–Crippen LogP) is 5.58. The largest absolute Gasteiger partial charge is 0.459 e. The topological polar surface area (TPSA) is 77.1 Å². The van der Waals surface area contributed by atoms with Crippen molar-refractivity contribution >= 4 is 39.4 Å². The lowest BCUT2D eigenvalue weighted by Crippen LogP contribution is -2.32. The number of hydrogen-bond donors (Lipinski definition) is 1. The summed E-state index contributed by atoms with van der Waals surface area (Å²) in [5.41, 5.74) is 2.52. The molecule has 0 spiro atoms. The number of hydrogen-bond acceptors (Lipinski definition) is 4. The maximum absolute atomic E-state index is 13.6. The highest BCUT2D eigenvalue weighted by molar-refractivity contribution is 6.35. The molecule has 2 aromatic carbocycles. The molecule has 6 nitrogen and oxygen atoms in total. The van der Waals surface area contributed by atoms with Crippen LogP contribution in [-0.4, -0.2) is 15.5 Å². The van der Waals surface area contributed by atoms with Crippen molar-refractivity contribution in [3.05, 3.63) is 105 Å². The number of para-hydroxylation sites is 1. The number of aryl methyl sites for hydroxylation is 1. The van der Waals surface area contributed by atoms with Crippen LogP contribution in [0.4, 0.5) is 0 Å². The summed E-state index contributed by atoms with van der Waals surface area (Å²) in [6.45, 7) is 3.58. The number of carbonyl (C=O) groups excluding carboxylic acids is 1. The number of nitrogens with one attached hydrogen (secondary N) is 1. The van der Waals surface area contributed by atoms with Crippen molar-refractivity contribution in [2.24, 2.45) is 0 Å². The highest BCUT2D eigenvalue weighted by Crippen LogP contribution is 2.27. The van der Waals surface area contributed by atoms with Crippen LogP contribution in [0.2, 0.25) is 5.02 Å². The lowest BCUT2D eigenvalue weighted by Gasteiger charge is -2.21. The van der Waals surface area contributed by atoms with Gasteiger partial charge in [-0.25, -0.2) is 0 Å². The Kier molecular flexibility index (Phi) is 5.23. The molecule has 3 aromatic heterocycles. The summed E-state index contributed by atoms with van der Waals surface area (Å²) in [5, 5.41) is 4.55. The molecule has 5 rings (SSSR count). The van der Waals surface area contributed by atoms with E-state index < -0.39 is 6.04 Å². The molecule has 5 aromatic rings. The van der Waals surface area contributed by atoms with Gasteiger partial charge < -0.3 is 9.73 Å². The molecule has 0 aliphatic carbocycles. The monoisotopic (exact) mass is 457 g/mol. The predicted molar refractivity (Wildman–Crippen MR) is 129 cm³/mol. The Morgan fingerprint density at radius 2 is 1.88 bits per heavy atom. The summed E-state index contributed by atoms with van der Waals surface area (Å²) in [6.07, 6.45) is 1.62. The molecule has 164 valence electrons. The van der Waals surface area contributed by atoms with E-state index in [1.54, 1.807) is 42.0 Å². The number of nitrogens with zero attached hydrogens (tertiary/aromatic N) is 2. The van der Waals surface area contributed by atoms with Gasteiger partial charge in [0, 0.05) is 17.6 Å². The molecule has 0 aliphatic rings. The minimum absolute atomic E-state index is 0.244. The summed E-state index contributed by atoms with van der Waals surface area (Å²) in [5.74, 6) is 0.162. The van der Waals surface area contributed by atoms with Crippen LogP contribution in [0.25, 0.3) is 27.6 Å². The molecule has 0 radical (unpaired) electrons. The van der Waals surface area contributed by atoms with Crippen LogP contribution in [-0.2, 0) is 0 Å². The van der Waals surface area contributed by atoms with E-state index in [1.165, 1.54) is 0 Å². The third-order valence-electron chi connectivity index (χ3n) is 5.68. The van der Waals surface area contributed by atoms with Gasteiger partial charge in [-0.05, 0) is 55.6 Å². The van der Waals surface area contributed by atoms with Gasteiger partial charge in [-0.2, -0.15) is 0 Å². The lowest BCUT2D eigenvalue weighted by molar-refractivity contribution is 0.0938. The maximum atomic E-state index is 13.6. The van der Waals surface area contributed by atoms with Gasteiger partial charge >= 0.3 is 0 Å². The number of fused-ring (bicyclic) bond motifs is 2. The van der Waals surface area contributed by atoms with Crippen molar-refractivity contribution in [2.45, 2.75) is 19.9 Å². The molecule has 1 N–H and O–H groups in total. The Balaban J connectivity index is 1.64. The Morgan fingerprint density at radius 3 is 2.67 bits per heavy atom. The van der Waals surface area contributed by atoms with Gasteiger partial charge in [0.25, 0.3) is 11.5 Å². The summed E-state index contributed by atoms with van der Waals surface area (Å²) in [4.78, 5) is 31.1. The fourth-order valence-corrected chi connectivity index (χ4v) is 4.42. The van der Waals surface area contributed by atoms with Crippen molar-refractivity contribution in [1.29, 1.82) is 0 Å². The molecule has 0 saturated heterocycles. The van der Waals surface area contributed by atoms with E-state index in [-0.39, 0.29) is 11.5 Å². The van der Waals surface area contributed by atoms with Crippen molar-refractivity contribution in [3.63, 3.8) is 0 Å². The highest BCUT2D eigenvalue weighted by Gasteiger charge is 2.23. The maximum Gasteiger partial charge on any atom is 0.264 e. The average Bonchev–Trinajstić information content (AvgIpc) is 3.15. The van der Waals surface area contributed by atoms with E-state index in [2.05, 4.69) is 10.3 Å². The fourth-order valence-electron chi connectivity index (χ4n) is 4.16. The number of aromatic nitrogens is 2. The first-order valence-electron chi connectivity index (χ1n) is 10.5. The first-order chi connectivity index (χ1) is 16.0. The van der Waals surface area contributed by atoms with Crippen LogP contribution >= 0.6 is 11.6 Å². The van der Waals surface area contributed by atoms with Crippen LogP contribution in [0.15, 0.2) is 82.1 Å². The van der Waals surface area contributed by atoms with Crippen LogP contribution in [0.5, 0.6) is 0 Å². The zero-order valence-corrected chi connectivity index (χ0v) is 18.8. The quantitative estimate of drug-likeness (QED) is 0.382. The number of rotatable bonds is 4. The number of halogens is 1. The van der Waals surface area contributed by atoms with Gasteiger partial charge in [-0.3, -0.25) is 19.1 Å². The normalized spacial score (nSPS) is 12.2. The zero-order chi connectivity index (χ0) is 23.1. The minimum Gasteiger partial charge on any atom is -0.459 e. The molecule has 3 heterocycles. The highest BCUT2D eigenvalue weighted by atomic mass is 35.5. The fraction of sp³-hybridized carbons (Fsp3) is 0.115. The number of benzene rings is 2. The van der Waals surface area contributed by atoms with Gasteiger partial charge in [0.15, 0.2) is 5.58 Å². The second-order valence-electron chi connectivity index (χ2n) is 7.83. The molecule has 0 unspecified atom stereocenters. The summed E-state index contributed by atoms with van der Waals surface area (Å²) >= 11 is 6.38. The van der Waals surface area contributed by atoms with Crippen LogP contribution in [0.3, 0.4) is 0 Å². The molecule has 1 amide bonds. The molecule has 0 bridgehead atoms. The van der Waals surface area contributed by atoms with Crippen LogP contribution in [0, 0.1) is 6.92 Å². The van der Waals surface area contributed by atoms with Crippen molar-refractivity contribution in [3.8, 4) is 5.69 Å². The Hall–Kier alpha value is -3.90. The van der Waals surface area contributed by atoms with E-state index in [1.807, 2.05) is 49.4 Å². The molecular formula is C26H20ClN3O3. The average molecular weight is 458 g/mol. The number of carbonyl (C=O) groups is 1. The summed E-state index contributed by atoms with van der Waals surface area (Å²) in [6, 6.07) is 19.6. The van der Waals surface area contributed by atoms with E-state index in [9.17, 15) is 9.59 Å². The summed E-state index contributed by atoms with van der Waals surface area (Å²) < 4.78 is 7.29. The molecule has 0 aliphatic heterocycles. The van der Waals surface area contributed by atoms with Gasteiger partial charge in [0.1, 0.15) is 16.8 Å². The van der Waals surface area contributed by atoms with E-state index in [0.29, 0.717) is 49.6 Å². The molecule has 1 atom stereocenters. The molecule has 0 saturated carbocycles. The third kappa shape index (κ3) is 3.58. The Bertz CT molecular complexity index is 1570. The zero-order valence-electron chi connectivity index (χ0n) is 18.0. The van der Waals surface area contributed by atoms with E-state index in [0.717, 1.165) is 0 Å². The Morgan fingerprint density at radius 1 is 1.09 bits per heavy atom. The summed E-state index contributed by atoms with van der Waals surface area (Å²) in [7, 11) is 0. The van der Waals surface area contributed by atoms with E-state index >= 15 is 0 Å². The van der Waals surface area contributed by atoms with Crippen molar-refractivity contribution in [1.82, 2.24) is 14.9 Å². The van der Waals surface area contributed by atoms with Crippen molar-refractivity contribution < 1.29 is 9.21 Å². The second kappa shape index (κ2) is 8.22. The van der Waals surface area contributed by atoms with Gasteiger partial charge in [-0.1, -0.05) is 41.9 Å². The first kappa shape index (κ1) is 21.0. The third-order valence-corrected chi connectivity index (χ3v) is 5.99. The van der Waals surface area contributed by atoms with Gasteiger partial charge in [-0.15, -0.1) is 0 Å². The SMILES string of the molecule is Cc1oc2cccnc2c1C(=O)N[C@@H](C)c1cc2cccc(Cl)c2c(=O)n1-c1ccccc1. The first-order valence-corrected chi connectivity index (χ1v) is 10.9. The minimum atomic E-state index is -0.498. The van der Waals surface area contributed by atoms with Gasteiger partial charge in [0.05, 0.1) is 16.5 Å². The number of furan rings is 1. The molecular weight excluding hydrogens is 438 g/mol. The van der Waals surface area contributed by atoms with Crippen LogP contribution in [0.1, 0.15) is 34.8 Å². The van der Waals surface area contributed by atoms with E-state index in [4.69, 9.17) is 16.0 Å². The van der Waals surface area contributed by atoms with Crippen LogP contribution < -0.4 is 10.9 Å². The lowest BCUT2D eigenvalue weighted by atomic mass is 10.1. The molecule has 0 fully saturated rings. The van der Waals surface area contributed by atoms with Crippen molar-refractivity contribution in [2.75, 3.05) is 0 Å². The molecule has 7 heteroatoms. The Labute approximate surface area is 194 Å². The number of pyridine rings is 2. The van der Waals surface area contributed by atoms with Gasteiger partial charge in [0.2, 0.25) is 0 Å². The smallest absolute Gasteiger partial charge is 0.264 e. The standard InChI is InChI=1S/C26H20ClN3O3/c1-15(29-25(31)22-16(2)33-21-12-7-13-28-24(21)22)20-14-17-8-6-11-19(27)23(17)26(32)30(20)18-9-4-3-5-10-18/h3-15H,1-2H3,(H,29,31)/t15-/m0/s1. The molecule has 33 heavy (non-hydrogen) atoms. The number of amides is 1.